The molecule has 0 atom stereocenters. The lowest BCUT2D eigenvalue weighted by atomic mass is 9.88. The highest BCUT2D eigenvalue weighted by Gasteiger charge is 2.30. The number of esters is 1. The molecule has 3 rings (SSSR count). The maximum absolute atomic E-state index is 13.1. The van der Waals surface area contributed by atoms with E-state index in [1.807, 2.05) is 45.9 Å². The van der Waals surface area contributed by atoms with E-state index in [1.54, 1.807) is 32.0 Å². The van der Waals surface area contributed by atoms with Crippen LogP contribution in [-0.2, 0) is 9.53 Å². The molecule has 7 heteroatoms. The topological polar surface area (TPSA) is 48.7 Å². The van der Waals surface area contributed by atoms with Crippen LogP contribution in [0.15, 0.2) is 46.9 Å². The molecule has 2 aromatic carbocycles. The zero-order valence-corrected chi connectivity index (χ0v) is 20.9. The largest absolute Gasteiger partial charge is 0.483 e. The van der Waals surface area contributed by atoms with E-state index >= 15 is 0 Å². The monoisotopic (exact) mass is 488 g/mol. The van der Waals surface area contributed by atoms with Gasteiger partial charge >= 0.3 is 12.1 Å². The summed E-state index contributed by atoms with van der Waals surface area (Å²) in [7, 11) is 0. The summed E-state index contributed by atoms with van der Waals surface area (Å²) in [6.07, 6.45) is -3.11. The van der Waals surface area contributed by atoms with Gasteiger partial charge < -0.3 is 13.9 Å². The predicted molar refractivity (Wildman–Crippen MR) is 132 cm³/mol. The van der Waals surface area contributed by atoms with Crippen LogP contribution in [0.5, 0.6) is 5.75 Å². The van der Waals surface area contributed by atoms with E-state index in [4.69, 9.17) is 13.9 Å². The molecule has 0 unspecified atom stereocenters. The van der Waals surface area contributed by atoms with Crippen molar-refractivity contribution in [2.24, 2.45) is 0 Å². The molecule has 0 radical (unpaired) electrons. The minimum absolute atomic E-state index is 0.0513. The maximum Gasteiger partial charge on any atom is 0.422 e. The SMILES string of the molecule is CCOC(=O)C=C(C)c1cc2c(-c3cc(C(C)C)cc(C(C)C)c3OCC(F)(F)F)cccc2o1. The standard InChI is InChI=1S/C28H31F3O4/c1-7-33-26(32)11-18(6)25-14-22-20(9-8-10-24(22)35-25)23-13-19(16(2)3)12-21(17(4)5)27(23)34-15-28(29,30)31/h8-14,16-17H,7,15H2,1-6H3. The highest BCUT2D eigenvalue weighted by Crippen LogP contribution is 2.43. The van der Waals surface area contributed by atoms with Gasteiger partial charge in [-0.2, -0.15) is 13.2 Å². The van der Waals surface area contributed by atoms with Crippen molar-refractivity contribution >= 4 is 22.5 Å². The van der Waals surface area contributed by atoms with E-state index in [9.17, 15) is 18.0 Å². The molecule has 1 heterocycles. The number of ether oxygens (including phenoxy) is 2. The van der Waals surface area contributed by atoms with Crippen molar-refractivity contribution in [1.29, 1.82) is 0 Å². The van der Waals surface area contributed by atoms with Crippen LogP contribution in [0.1, 0.15) is 70.3 Å². The molecule has 35 heavy (non-hydrogen) atoms. The smallest absolute Gasteiger partial charge is 0.422 e. The van der Waals surface area contributed by atoms with Gasteiger partial charge in [0.2, 0.25) is 0 Å². The first-order chi connectivity index (χ1) is 16.4. The van der Waals surface area contributed by atoms with Crippen molar-refractivity contribution in [2.75, 3.05) is 13.2 Å². The van der Waals surface area contributed by atoms with Crippen LogP contribution < -0.4 is 4.74 Å². The van der Waals surface area contributed by atoms with Gasteiger partial charge in [-0.05, 0) is 66.1 Å². The van der Waals surface area contributed by atoms with Crippen molar-refractivity contribution < 1.29 is 31.9 Å². The number of carbonyl (C=O) groups excluding carboxylic acids is 1. The van der Waals surface area contributed by atoms with Crippen molar-refractivity contribution in [3.05, 3.63) is 59.4 Å². The van der Waals surface area contributed by atoms with Crippen molar-refractivity contribution in [3.8, 4) is 16.9 Å². The first kappa shape index (κ1) is 26.4. The minimum Gasteiger partial charge on any atom is -0.483 e. The Labute approximate surface area is 203 Å². The second kappa shape index (κ2) is 10.6. The molecule has 0 aliphatic heterocycles. The van der Waals surface area contributed by atoms with Gasteiger partial charge in [-0.15, -0.1) is 0 Å². The molecule has 188 valence electrons. The van der Waals surface area contributed by atoms with Gasteiger partial charge in [0.05, 0.1) is 6.61 Å². The molecule has 0 spiro atoms. The second-order valence-corrected chi connectivity index (χ2v) is 9.11. The van der Waals surface area contributed by atoms with E-state index in [0.29, 0.717) is 33.4 Å². The van der Waals surface area contributed by atoms with Crippen molar-refractivity contribution in [2.45, 2.75) is 59.6 Å². The average molecular weight is 489 g/mol. The Balaban J connectivity index is 2.24. The van der Waals surface area contributed by atoms with Gasteiger partial charge in [0.15, 0.2) is 6.61 Å². The summed E-state index contributed by atoms with van der Waals surface area (Å²) in [5, 5.41) is 0.714. The molecule has 3 aromatic rings. The molecular weight excluding hydrogens is 457 g/mol. The molecule has 1 aromatic heterocycles. The summed E-state index contributed by atoms with van der Waals surface area (Å²) in [6.45, 7) is 10.3. The van der Waals surface area contributed by atoms with Gasteiger partial charge in [0, 0.05) is 17.0 Å². The lowest BCUT2D eigenvalue weighted by molar-refractivity contribution is -0.153. The predicted octanol–water partition coefficient (Wildman–Crippen LogP) is 8.25. The summed E-state index contributed by atoms with van der Waals surface area (Å²) in [5.74, 6) is 0.333. The van der Waals surface area contributed by atoms with Crippen LogP contribution in [0.4, 0.5) is 13.2 Å². The van der Waals surface area contributed by atoms with Crippen LogP contribution >= 0.6 is 0 Å². The van der Waals surface area contributed by atoms with Crippen molar-refractivity contribution in [3.63, 3.8) is 0 Å². The van der Waals surface area contributed by atoms with Crippen molar-refractivity contribution in [1.82, 2.24) is 0 Å². The number of allylic oxidation sites excluding steroid dienone is 1. The molecule has 0 amide bonds. The number of hydrogen-bond acceptors (Lipinski definition) is 4. The quantitative estimate of drug-likeness (QED) is 0.237. The fourth-order valence-corrected chi connectivity index (χ4v) is 3.87. The molecule has 0 aliphatic rings. The fourth-order valence-electron chi connectivity index (χ4n) is 3.87. The first-order valence-corrected chi connectivity index (χ1v) is 11.7. The van der Waals surface area contributed by atoms with Gasteiger partial charge in [-0.3, -0.25) is 0 Å². The molecular formula is C28H31F3O4. The number of halogens is 3. The van der Waals surface area contributed by atoms with E-state index < -0.39 is 18.8 Å². The van der Waals surface area contributed by atoms with Gasteiger partial charge in [0.25, 0.3) is 0 Å². The van der Waals surface area contributed by atoms with Gasteiger partial charge in [-0.1, -0.05) is 45.9 Å². The number of benzene rings is 2. The molecule has 0 saturated carbocycles. The van der Waals surface area contributed by atoms with Crippen LogP contribution in [0, 0.1) is 0 Å². The summed E-state index contributed by atoms with van der Waals surface area (Å²) < 4.78 is 55.8. The minimum atomic E-state index is -4.47. The number of carbonyl (C=O) groups is 1. The highest BCUT2D eigenvalue weighted by molar-refractivity contribution is 5.99. The number of rotatable bonds is 8. The number of fused-ring (bicyclic) bond motifs is 1. The summed E-state index contributed by atoms with van der Waals surface area (Å²) in [5.41, 5.74) is 4.13. The Hall–Kier alpha value is -3.22. The van der Waals surface area contributed by atoms with E-state index in [0.717, 1.165) is 11.1 Å². The Morgan fingerprint density at radius 2 is 1.77 bits per heavy atom. The maximum atomic E-state index is 13.1. The molecule has 0 saturated heterocycles. The summed E-state index contributed by atoms with van der Waals surface area (Å²) in [6, 6.07) is 11.0. The average Bonchev–Trinajstić information content (AvgIpc) is 3.21. The Morgan fingerprint density at radius 3 is 2.37 bits per heavy atom. The highest BCUT2D eigenvalue weighted by atomic mass is 19.4. The van der Waals surface area contributed by atoms with E-state index in [1.165, 1.54) is 6.08 Å². The summed E-state index contributed by atoms with van der Waals surface area (Å²) in [4.78, 5) is 11.9. The Kier molecular flexibility index (Phi) is 7.98. The molecule has 0 bridgehead atoms. The van der Waals surface area contributed by atoms with Crippen LogP contribution in [0.25, 0.3) is 27.7 Å². The molecule has 0 aliphatic carbocycles. The lowest BCUT2D eigenvalue weighted by Gasteiger charge is -2.22. The Morgan fingerprint density at radius 1 is 1.06 bits per heavy atom. The molecule has 4 nitrogen and oxygen atoms in total. The first-order valence-electron chi connectivity index (χ1n) is 11.7. The second-order valence-electron chi connectivity index (χ2n) is 9.11. The van der Waals surface area contributed by atoms with Gasteiger partial charge in [-0.25, -0.2) is 4.79 Å². The Bertz CT molecular complexity index is 1230. The third kappa shape index (κ3) is 6.27. The zero-order valence-electron chi connectivity index (χ0n) is 20.9. The molecule has 0 N–H and O–H groups in total. The molecule has 0 fully saturated rings. The van der Waals surface area contributed by atoms with Crippen LogP contribution in [0.2, 0.25) is 0 Å². The van der Waals surface area contributed by atoms with Gasteiger partial charge in [0.1, 0.15) is 17.1 Å². The van der Waals surface area contributed by atoms with Crippen LogP contribution in [0.3, 0.4) is 0 Å². The lowest BCUT2D eigenvalue weighted by Crippen LogP contribution is -2.20. The third-order valence-corrected chi connectivity index (χ3v) is 5.67. The number of furan rings is 1. The third-order valence-electron chi connectivity index (χ3n) is 5.67. The fraction of sp³-hybridized carbons (Fsp3) is 0.393. The van der Waals surface area contributed by atoms with E-state index in [-0.39, 0.29) is 24.2 Å². The number of alkyl halides is 3. The normalized spacial score (nSPS) is 12.6. The van der Waals surface area contributed by atoms with E-state index in [2.05, 4.69) is 0 Å². The zero-order chi connectivity index (χ0) is 25.9. The summed E-state index contributed by atoms with van der Waals surface area (Å²) >= 11 is 0. The number of hydrogen-bond donors (Lipinski definition) is 0. The van der Waals surface area contributed by atoms with Crippen LogP contribution in [-0.4, -0.2) is 25.4 Å².